The van der Waals surface area contributed by atoms with Gasteiger partial charge in [0.25, 0.3) is 0 Å². The lowest BCUT2D eigenvalue weighted by molar-refractivity contribution is 0.168. The summed E-state index contributed by atoms with van der Waals surface area (Å²) in [7, 11) is 0. The van der Waals surface area contributed by atoms with Crippen LogP contribution in [0.25, 0.3) is 0 Å². The molecule has 0 aliphatic rings. The number of rotatable bonds is 4. The largest absolute Gasteiger partial charge is 0.393 e. The minimum Gasteiger partial charge on any atom is -0.393 e. The summed E-state index contributed by atoms with van der Waals surface area (Å²) in [5.74, 6) is 0. The Bertz CT molecular complexity index is 239. The highest BCUT2D eigenvalue weighted by molar-refractivity contribution is 9.11. The fourth-order valence-corrected chi connectivity index (χ4v) is 2.54. The molecule has 1 unspecified atom stereocenters. The van der Waals surface area contributed by atoms with Crippen LogP contribution in [-0.2, 0) is 6.42 Å². The molecule has 12 heavy (non-hydrogen) atoms. The Morgan fingerprint density at radius 1 is 1.58 bits per heavy atom. The number of hydrogen-bond acceptors (Lipinski definition) is 3. The van der Waals surface area contributed by atoms with Crippen LogP contribution in [0.4, 0.5) is 0 Å². The van der Waals surface area contributed by atoms with E-state index in [1.807, 2.05) is 12.1 Å². The Labute approximate surface area is 84.5 Å². The van der Waals surface area contributed by atoms with E-state index in [9.17, 15) is 5.11 Å². The van der Waals surface area contributed by atoms with E-state index < -0.39 is 0 Å². The molecule has 0 aliphatic carbocycles. The number of aliphatic hydroxyl groups is 1. The normalized spacial score (nSPS) is 13.2. The smallest absolute Gasteiger partial charge is 0.0701 e. The van der Waals surface area contributed by atoms with Gasteiger partial charge >= 0.3 is 0 Å². The molecule has 0 radical (unpaired) electrons. The van der Waals surface area contributed by atoms with Crippen molar-refractivity contribution in [2.75, 3.05) is 6.54 Å². The van der Waals surface area contributed by atoms with E-state index >= 15 is 0 Å². The molecule has 0 saturated carbocycles. The van der Waals surface area contributed by atoms with Crippen molar-refractivity contribution in [3.8, 4) is 0 Å². The van der Waals surface area contributed by atoms with Gasteiger partial charge in [-0.3, -0.25) is 0 Å². The van der Waals surface area contributed by atoms with Crippen LogP contribution in [0.2, 0.25) is 0 Å². The van der Waals surface area contributed by atoms with Crippen LogP contribution in [0.1, 0.15) is 11.3 Å². The van der Waals surface area contributed by atoms with Gasteiger partial charge < -0.3 is 10.8 Å². The average molecular weight is 250 g/mol. The van der Waals surface area contributed by atoms with Crippen LogP contribution in [0.15, 0.2) is 15.9 Å². The van der Waals surface area contributed by atoms with Crippen LogP contribution in [0.5, 0.6) is 0 Å². The molecule has 2 nitrogen and oxygen atoms in total. The monoisotopic (exact) mass is 249 g/mol. The molecule has 0 bridgehead atoms. The molecule has 0 spiro atoms. The highest BCUT2D eigenvalue weighted by Crippen LogP contribution is 2.23. The molecule has 0 amide bonds. The summed E-state index contributed by atoms with van der Waals surface area (Å²) in [5, 5.41) is 9.42. The molecule has 1 atom stereocenters. The maximum Gasteiger partial charge on any atom is 0.0701 e. The number of aliphatic hydroxyl groups excluding tert-OH is 1. The van der Waals surface area contributed by atoms with E-state index in [1.165, 1.54) is 4.88 Å². The van der Waals surface area contributed by atoms with Gasteiger partial charge in [-0.15, -0.1) is 11.3 Å². The molecule has 3 N–H and O–H groups in total. The van der Waals surface area contributed by atoms with Crippen molar-refractivity contribution in [2.24, 2.45) is 5.73 Å². The maximum absolute atomic E-state index is 9.42. The Balaban J connectivity index is 2.41. The third-order valence-electron chi connectivity index (χ3n) is 1.57. The third-order valence-corrected chi connectivity index (χ3v) is 3.21. The van der Waals surface area contributed by atoms with Gasteiger partial charge in [-0.2, -0.15) is 0 Å². The lowest BCUT2D eigenvalue weighted by Crippen LogP contribution is -2.15. The fraction of sp³-hybridized carbons (Fsp3) is 0.500. The molecule has 1 heterocycles. The second-order valence-electron chi connectivity index (χ2n) is 2.64. The Kier molecular flexibility index (Phi) is 4.21. The van der Waals surface area contributed by atoms with Crippen LogP contribution in [0.3, 0.4) is 0 Å². The van der Waals surface area contributed by atoms with E-state index in [2.05, 4.69) is 15.9 Å². The molecule has 0 aliphatic heterocycles. The molecule has 1 aromatic heterocycles. The first-order chi connectivity index (χ1) is 5.72. The zero-order valence-corrected chi connectivity index (χ0v) is 9.07. The molecule has 0 saturated heterocycles. The minimum absolute atomic E-state index is 0.291. The van der Waals surface area contributed by atoms with Crippen molar-refractivity contribution < 1.29 is 5.11 Å². The van der Waals surface area contributed by atoms with Gasteiger partial charge in [0.2, 0.25) is 0 Å². The lowest BCUT2D eigenvalue weighted by atomic mass is 10.1. The molecule has 0 fully saturated rings. The van der Waals surface area contributed by atoms with Gasteiger partial charge in [-0.1, -0.05) is 0 Å². The standard InChI is InChI=1S/C8H12BrNOS/c9-8-2-1-7(12-8)5-6(11)3-4-10/h1-2,6,11H,3-5,10H2. The number of halogens is 1. The van der Waals surface area contributed by atoms with Gasteiger partial charge in [0.15, 0.2) is 0 Å². The first kappa shape index (κ1) is 10.2. The molecule has 1 rings (SSSR count). The van der Waals surface area contributed by atoms with Crippen LogP contribution in [-0.4, -0.2) is 17.8 Å². The van der Waals surface area contributed by atoms with E-state index in [-0.39, 0.29) is 6.10 Å². The SMILES string of the molecule is NCCC(O)Cc1ccc(Br)s1. The molecule has 0 aromatic carbocycles. The van der Waals surface area contributed by atoms with Crippen LogP contribution >= 0.6 is 27.3 Å². The van der Waals surface area contributed by atoms with E-state index in [0.717, 1.165) is 3.79 Å². The molecule has 1 aromatic rings. The molecular formula is C8H12BrNOS. The zero-order chi connectivity index (χ0) is 8.97. The summed E-state index contributed by atoms with van der Waals surface area (Å²) in [5.41, 5.74) is 5.32. The van der Waals surface area contributed by atoms with E-state index in [1.54, 1.807) is 11.3 Å². The second-order valence-corrected chi connectivity index (χ2v) is 5.19. The van der Waals surface area contributed by atoms with Gasteiger partial charge in [0.05, 0.1) is 9.89 Å². The Morgan fingerprint density at radius 2 is 2.33 bits per heavy atom. The highest BCUT2D eigenvalue weighted by atomic mass is 79.9. The van der Waals surface area contributed by atoms with Gasteiger partial charge in [0.1, 0.15) is 0 Å². The summed E-state index contributed by atoms with van der Waals surface area (Å²) in [4.78, 5) is 1.20. The van der Waals surface area contributed by atoms with E-state index in [0.29, 0.717) is 19.4 Å². The van der Waals surface area contributed by atoms with Crippen molar-refractivity contribution in [3.05, 3.63) is 20.8 Å². The zero-order valence-electron chi connectivity index (χ0n) is 6.66. The number of hydrogen-bond donors (Lipinski definition) is 2. The van der Waals surface area contributed by atoms with Crippen molar-refractivity contribution in [1.82, 2.24) is 0 Å². The predicted octanol–water partition coefficient (Wildman–Crippen LogP) is 1.76. The summed E-state index contributed by atoms with van der Waals surface area (Å²) in [6.45, 7) is 0.549. The van der Waals surface area contributed by atoms with Crippen LogP contribution < -0.4 is 5.73 Å². The van der Waals surface area contributed by atoms with Gasteiger partial charge in [0, 0.05) is 11.3 Å². The summed E-state index contributed by atoms with van der Waals surface area (Å²) < 4.78 is 1.11. The fourth-order valence-electron chi connectivity index (χ4n) is 0.988. The van der Waals surface area contributed by atoms with Gasteiger partial charge in [-0.25, -0.2) is 0 Å². The Morgan fingerprint density at radius 3 is 2.83 bits per heavy atom. The molecule has 4 heteroatoms. The van der Waals surface area contributed by atoms with Crippen molar-refractivity contribution in [2.45, 2.75) is 18.9 Å². The van der Waals surface area contributed by atoms with Crippen molar-refractivity contribution in [1.29, 1.82) is 0 Å². The lowest BCUT2D eigenvalue weighted by Gasteiger charge is -2.05. The average Bonchev–Trinajstić information content (AvgIpc) is 2.36. The third kappa shape index (κ3) is 3.23. The highest BCUT2D eigenvalue weighted by Gasteiger charge is 2.05. The summed E-state index contributed by atoms with van der Waals surface area (Å²) >= 11 is 5.03. The summed E-state index contributed by atoms with van der Waals surface area (Å²) in [6.07, 6.45) is 1.10. The molecular weight excluding hydrogens is 238 g/mol. The van der Waals surface area contributed by atoms with Crippen LogP contribution in [0, 0.1) is 0 Å². The van der Waals surface area contributed by atoms with E-state index in [4.69, 9.17) is 5.73 Å². The number of nitrogens with two attached hydrogens (primary N) is 1. The Hall–Kier alpha value is 0.1000. The first-order valence-electron chi connectivity index (χ1n) is 3.84. The quantitative estimate of drug-likeness (QED) is 0.855. The van der Waals surface area contributed by atoms with Gasteiger partial charge in [-0.05, 0) is 41.0 Å². The van der Waals surface area contributed by atoms with Crippen molar-refractivity contribution >= 4 is 27.3 Å². The summed E-state index contributed by atoms with van der Waals surface area (Å²) in [6, 6.07) is 4.02. The second kappa shape index (κ2) is 4.97. The minimum atomic E-state index is -0.291. The molecule has 68 valence electrons. The topological polar surface area (TPSA) is 46.2 Å². The number of thiophene rings is 1. The van der Waals surface area contributed by atoms with Crippen molar-refractivity contribution in [3.63, 3.8) is 0 Å². The predicted molar refractivity (Wildman–Crippen MR) is 55.4 cm³/mol. The first-order valence-corrected chi connectivity index (χ1v) is 5.45. The maximum atomic E-state index is 9.42.